The van der Waals surface area contributed by atoms with Crippen LogP contribution in [0.1, 0.15) is 44.7 Å². The molecule has 1 atom stereocenters. The highest BCUT2D eigenvalue weighted by Gasteiger charge is 2.32. The number of hydrogen-bond acceptors (Lipinski definition) is 4. The Morgan fingerprint density at radius 1 is 0.929 bits per heavy atom. The van der Waals surface area contributed by atoms with Gasteiger partial charge in [0.05, 0.1) is 11.9 Å². The fourth-order valence-corrected chi connectivity index (χ4v) is 5.52. The lowest BCUT2D eigenvalue weighted by Crippen LogP contribution is -2.54. The Balaban J connectivity index is 1.90. The van der Waals surface area contributed by atoms with Gasteiger partial charge in [-0.25, -0.2) is 17.2 Å². The summed E-state index contributed by atoms with van der Waals surface area (Å²) in [6.45, 7) is 5.53. The second-order valence-corrected chi connectivity index (χ2v) is 13.5. The van der Waals surface area contributed by atoms with Gasteiger partial charge >= 0.3 is 0 Å². The normalized spacial score (nSPS) is 12.5. The molecule has 0 bridgehead atoms. The van der Waals surface area contributed by atoms with Gasteiger partial charge in [-0.05, 0) is 62.6 Å². The lowest BCUT2D eigenvalue weighted by molar-refractivity contribution is -0.142. The van der Waals surface area contributed by atoms with Crippen LogP contribution in [0.25, 0.3) is 0 Å². The van der Waals surface area contributed by atoms with Crippen molar-refractivity contribution in [2.45, 2.75) is 58.2 Å². The molecule has 0 saturated carbocycles. The molecule has 0 aromatic heterocycles. The highest BCUT2D eigenvalue weighted by atomic mass is 35.5. The first-order valence-corrected chi connectivity index (χ1v) is 15.7. The number of anilines is 1. The first kappa shape index (κ1) is 33.0. The second-order valence-electron chi connectivity index (χ2n) is 11.1. The van der Waals surface area contributed by atoms with Gasteiger partial charge in [0, 0.05) is 42.6 Å². The van der Waals surface area contributed by atoms with E-state index < -0.39 is 33.2 Å². The molecule has 0 aliphatic carbocycles. The average Bonchev–Trinajstić information content (AvgIpc) is 2.90. The van der Waals surface area contributed by atoms with Crippen molar-refractivity contribution in [3.05, 3.63) is 101 Å². The first-order chi connectivity index (χ1) is 19.6. The van der Waals surface area contributed by atoms with Crippen molar-refractivity contribution in [3.63, 3.8) is 0 Å². The van der Waals surface area contributed by atoms with Gasteiger partial charge in [0.1, 0.15) is 6.04 Å². The van der Waals surface area contributed by atoms with Crippen LogP contribution in [0.5, 0.6) is 0 Å². The SMILES string of the molecule is CC(C)(C)NC(=O)[C@H](Cc1ccccc1)N(Cc1ccc(Cl)cc1)C(=O)CCCN(c1ccc(F)c(F)c1)S(C)(=O)=O. The number of rotatable bonds is 12. The number of benzene rings is 3. The van der Waals surface area contributed by atoms with Gasteiger partial charge in [-0.3, -0.25) is 13.9 Å². The summed E-state index contributed by atoms with van der Waals surface area (Å²) in [5.41, 5.74) is 1.02. The number of halogens is 3. The Kier molecular flexibility index (Phi) is 11.1. The topological polar surface area (TPSA) is 86.8 Å². The molecule has 0 radical (unpaired) electrons. The average molecular weight is 620 g/mol. The van der Waals surface area contributed by atoms with Crippen LogP contribution in [-0.4, -0.2) is 49.5 Å². The molecule has 11 heteroatoms. The summed E-state index contributed by atoms with van der Waals surface area (Å²) in [5, 5.41) is 3.52. The molecule has 0 saturated heterocycles. The van der Waals surface area contributed by atoms with E-state index in [9.17, 15) is 26.8 Å². The molecule has 2 amide bonds. The van der Waals surface area contributed by atoms with Crippen LogP contribution in [0.4, 0.5) is 14.5 Å². The van der Waals surface area contributed by atoms with E-state index in [1.54, 1.807) is 24.3 Å². The van der Waals surface area contributed by atoms with Crippen molar-refractivity contribution in [1.29, 1.82) is 0 Å². The third-order valence-electron chi connectivity index (χ3n) is 6.38. The van der Waals surface area contributed by atoms with Crippen molar-refractivity contribution in [1.82, 2.24) is 10.2 Å². The van der Waals surface area contributed by atoms with Crippen molar-refractivity contribution in [3.8, 4) is 0 Å². The molecule has 0 fully saturated rings. The third-order valence-corrected chi connectivity index (χ3v) is 7.82. The number of sulfonamides is 1. The van der Waals surface area contributed by atoms with Gasteiger partial charge < -0.3 is 10.2 Å². The molecule has 42 heavy (non-hydrogen) atoms. The van der Waals surface area contributed by atoms with Crippen molar-refractivity contribution in [2.75, 3.05) is 17.1 Å². The van der Waals surface area contributed by atoms with Gasteiger partial charge in [0.2, 0.25) is 21.8 Å². The van der Waals surface area contributed by atoms with Gasteiger partial charge in [-0.2, -0.15) is 0 Å². The number of nitrogens with zero attached hydrogens (tertiary/aromatic N) is 2. The molecule has 0 unspecified atom stereocenters. The summed E-state index contributed by atoms with van der Waals surface area (Å²) in [6.07, 6.45) is 1.18. The highest BCUT2D eigenvalue weighted by molar-refractivity contribution is 7.92. The van der Waals surface area contributed by atoms with Crippen LogP contribution in [0, 0.1) is 11.6 Å². The van der Waals surface area contributed by atoms with Crippen molar-refractivity contribution in [2.24, 2.45) is 0 Å². The number of carbonyl (C=O) groups is 2. The second kappa shape index (κ2) is 14.1. The highest BCUT2D eigenvalue weighted by Crippen LogP contribution is 2.23. The molecule has 0 spiro atoms. The van der Waals surface area contributed by atoms with E-state index in [-0.39, 0.29) is 49.9 Å². The molecule has 7 nitrogen and oxygen atoms in total. The summed E-state index contributed by atoms with van der Waals surface area (Å²) in [7, 11) is -3.87. The number of amides is 2. The molecule has 0 aliphatic rings. The molecular formula is C31H36ClF2N3O4S. The summed E-state index contributed by atoms with van der Waals surface area (Å²) in [6, 6.07) is 18.3. The predicted octanol–water partition coefficient (Wildman–Crippen LogP) is 5.72. The van der Waals surface area contributed by atoms with E-state index in [4.69, 9.17) is 11.6 Å². The Morgan fingerprint density at radius 3 is 2.14 bits per heavy atom. The number of hydrogen-bond donors (Lipinski definition) is 1. The van der Waals surface area contributed by atoms with Crippen LogP contribution in [0.15, 0.2) is 72.8 Å². The van der Waals surface area contributed by atoms with E-state index in [2.05, 4.69) is 5.32 Å². The van der Waals surface area contributed by atoms with Crippen LogP contribution in [-0.2, 0) is 32.6 Å². The largest absolute Gasteiger partial charge is 0.350 e. The molecule has 0 heterocycles. The lowest BCUT2D eigenvalue weighted by Gasteiger charge is -2.34. The van der Waals surface area contributed by atoms with Gasteiger partial charge in [0.15, 0.2) is 11.6 Å². The minimum atomic E-state index is -3.87. The predicted molar refractivity (Wildman–Crippen MR) is 162 cm³/mol. The van der Waals surface area contributed by atoms with E-state index in [1.807, 2.05) is 51.1 Å². The molecule has 3 aromatic rings. The van der Waals surface area contributed by atoms with E-state index in [0.29, 0.717) is 5.02 Å². The van der Waals surface area contributed by atoms with Crippen LogP contribution in [0.3, 0.4) is 0 Å². The monoisotopic (exact) mass is 619 g/mol. The van der Waals surface area contributed by atoms with Gasteiger partial charge in [-0.15, -0.1) is 0 Å². The molecule has 3 rings (SSSR count). The summed E-state index contributed by atoms with van der Waals surface area (Å²) < 4.78 is 53.3. The summed E-state index contributed by atoms with van der Waals surface area (Å²) in [5.74, 6) is -2.97. The van der Waals surface area contributed by atoms with Crippen LogP contribution < -0.4 is 9.62 Å². The Morgan fingerprint density at radius 2 is 1.57 bits per heavy atom. The maximum atomic E-state index is 13.9. The summed E-state index contributed by atoms with van der Waals surface area (Å²) >= 11 is 6.06. The maximum absolute atomic E-state index is 13.9. The minimum Gasteiger partial charge on any atom is -0.350 e. The van der Waals surface area contributed by atoms with Gasteiger partial charge in [-0.1, -0.05) is 54.1 Å². The first-order valence-electron chi connectivity index (χ1n) is 13.5. The van der Waals surface area contributed by atoms with Crippen molar-refractivity contribution >= 4 is 39.1 Å². The Hall–Kier alpha value is -3.50. The molecule has 226 valence electrons. The lowest BCUT2D eigenvalue weighted by atomic mass is 10.00. The van der Waals surface area contributed by atoms with E-state index >= 15 is 0 Å². The van der Waals surface area contributed by atoms with Crippen molar-refractivity contribution < 1.29 is 26.8 Å². The molecule has 3 aromatic carbocycles. The quantitative estimate of drug-likeness (QED) is 0.281. The smallest absolute Gasteiger partial charge is 0.243 e. The fourth-order valence-electron chi connectivity index (χ4n) is 4.44. The van der Waals surface area contributed by atoms with Crippen LogP contribution >= 0.6 is 11.6 Å². The van der Waals surface area contributed by atoms with E-state index in [0.717, 1.165) is 33.8 Å². The number of nitrogens with one attached hydrogen (secondary N) is 1. The zero-order valence-electron chi connectivity index (χ0n) is 24.1. The Labute approximate surface area is 251 Å². The van der Waals surface area contributed by atoms with Crippen LogP contribution in [0.2, 0.25) is 5.02 Å². The van der Waals surface area contributed by atoms with Gasteiger partial charge in [0.25, 0.3) is 0 Å². The third kappa shape index (κ3) is 9.80. The molecular weight excluding hydrogens is 584 g/mol. The number of carbonyl (C=O) groups excluding carboxylic acids is 2. The summed E-state index contributed by atoms with van der Waals surface area (Å²) in [4.78, 5) is 29.0. The zero-order chi connectivity index (χ0) is 31.1. The fraction of sp³-hybridized carbons (Fsp3) is 0.355. The molecule has 0 aliphatic heterocycles. The standard InChI is InChI=1S/C31H36ClF2N3O4S/c1-31(2,3)35-30(39)28(19-22-9-6-5-7-10-22)36(21-23-12-14-24(32)15-13-23)29(38)11-8-18-37(42(4,40)41)25-16-17-26(33)27(34)20-25/h5-7,9-10,12-17,20,28H,8,11,18-19,21H2,1-4H3,(H,35,39)/t28-/m0/s1. The zero-order valence-corrected chi connectivity index (χ0v) is 25.7. The minimum absolute atomic E-state index is 0.0478. The van der Waals surface area contributed by atoms with E-state index in [1.165, 1.54) is 11.0 Å². The Bertz CT molecular complexity index is 1480. The molecule has 1 N–H and O–H groups in total. The maximum Gasteiger partial charge on any atom is 0.243 e.